The van der Waals surface area contributed by atoms with E-state index in [1.54, 1.807) is 26.0 Å². The molecule has 0 radical (unpaired) electrons. The third kappa shape index (κ3) is 2.22. The molecule has 0 bridgehead atoms. The summed E-state index contributed by atoms with van der Waals surface area (Å²) in [7, 11) is 3.30. The molecule has 2 nitrogen and oxygen atoms in total. The van der Waals surface area contributed by atoms with Crippen LogP contribution in [0.4, 0.5) is 0 Å². The van der Waals surface area contributed by atoms with Crippen LogP contribution in [0, 0.1) is 3.57 Å². The Bertz CT molecular complexity index is 302. The molecule has 0 aliphatic heterocycles. The first-order valence-electron chi connectivity index (χ1n) is 3.69. The van der Waals surface area contributed by atoms with Gasteiger partial charge in [0.2, 0.25) is 0 Å². The Labute approximate surface area is 96.1 Å². The molecule has 0 fully saturated rings. The Balaban J connectivity index is 3.23. The van der Waals surface area contributed by atoms with Gasteiger partial charge in [0.1, 0.15) is 0 Å². The highest BCUT2D eigenvalue weighted by Gasteiger charge is 2.11. The fourth-order valence-corrected chi connectivity index (χ4v) is 2.83. The van der Waals surface area contributed by atoms with Gasteiger partial charge in [-0.25, -0.2) is 0 Å². The van der Waals surface area contributed by atoms with Crippen molar-refractivity contribution in [3.8, 4) is 11.5 Å². The SMILES string of the molecule is COc1ccc(SC)c(I)c1OC. The smallest absolute Gasteiger partial charge is 0.175 e. The van der Waals surface area contributed by atoms with Crippen molar-refractivity contribution in [1.82, 2.24) is 0 Å². The lowest BCUT2D eigenvalue weighted by atomic mass is 10.3. The summed E-state index contributed by atoms with van der Waals surface area (Å²) in [4.78, 5) is 1.21. The molecule has 13 heavy (non-hydrogen) atoms. The Morgan fingerprint density at radius 1 is 1.23 bits per heavy atom. The van der Waals surface area contributed by atoms with E-state index in [0.29, 0.717) is 0 Å². The van der Waals surface area contributed by atoms with Gasteiger partial charge < -0.3 is 9.47 Å². The minimum atomic E-state index is 0.782. The fraction of sp³-hybridized carbons (Fsp3) is 0.333. The minimum Gasteiger partial charge on any atom is -0.493 e. The predicted molar refractivity (Wildman–Crippen MR) is 64.0 cm³/mol. The molecule has 0 saturated heterocycles. The maximum absolute atomic E-state index is 5.26. The number of benzene rings is 1. The standard InChI is InChI=1S/C9H11IO2S/c1-11-6-4-5-7(13-3)8(10)9(6)12-2/h4-5H,1-3H3. The quantitative estimate of drug-likeness (QED) is 0.631. The van der Waals surface area contributed by atoms with Crippen molar-refractivity contribution >= 4 is 34.4 Å². The molecule has 1 aromatic rings. The number of hydrogen-bond donors (Lipinski definition) is 0. The van der Waals surface area contributed by atoms with Crippen LogP contribution in [-0.4, -0.2) is 20.5 Å². The van der Waals surface area contributed by atoms with Crippen molar-refractivity contribution in [3.05, 3.63) is 15.7 Å². The highest BCUT2D eigenvalue weighted by molar-refractivity contribution is 14.1. The molecule has 0 N–H and O–H groups in total. The Kier molecular flexibility index (Phi) is 4.18. The lowest BCUT2D eigenvalue weighted by Crippen LogP contribution is -1.94. The summed E-state index contributed by atoms with van der Waals surface area (Å²) < 4.78 is 11.5. The molecule has 1 aromatic carbocycles. The molecular formula is C9H11IO2S. The van der Waals surface area contributed by atoms with Gasteiger partial charge in [0.25, 0.3) is 0 Å². The molecular weight excluding hydrogens is 299 g/mol. The molecule has 0 aromatic heterocycles. The third-order valence-electron chi connectivity index (χ3n) is 1.67. The lowest BCUT2D eigenvalue weighted by molar-refractivity contribution is 0.351. The van der Waals surface area contributed by atoms with E-state index in [1.807, 2.05) is 18.4 Å². The van der Waals surface area contributed by atoms with Gasteiger partial charge in [0.05, 0.1) is 17.8 Å². The molecule has 0 aliphatic rings. The molecule has 0 atom stereocenters. The van der Waals surface area contributed by atoms with Crippen molar-refractivity contribution in [2.45, 2.75) is 4.90 Å². The van der Waals surface area contributed by atoms with Gasteiger partial charge >= 0.3 is 0 Å². The summed E-state index contributed by atoms with van der Waals surface area (Å²) in [6.07, 6.45) is 2.05. The average molecular weight is 310 g/mol. The summed E-state index contributed by atoms with van der Waals surface area (Å²) in [6, 6.07) is 3.96. The van der Waals surface area contributed by atoms with Crippen LogP contribution in [0.1, 0.15) is 0 Å². The van der Waals surface area contributed by atoms with Crippen molar-refractivity contribution in [2.24, 2.45) is 0 Å². The Morgan fingerprint density at radius 2 is 1.92 bits per heavy atom. The highest BCUT2D eigenvalue weighted by atomic mass is 127. The molecule has 72 valence electrons. The highest BCUT2D eigenvalue weighted by Crippen LogP contribution is 2.37. The van der Waals surface area contributed by atoms with Crippen molar-refractivity contribution in [2.75, 3.05) is 20.5 Å². The maximum atomic E-state index is 5.26. The second-order valence-corrected chi connectivity index (χ2v) is 4.24. The van der Waals surface area contributed by atoms with E-state index in [1.165, 1.54) is 4.90 Å². The number of ether oxygens (including phenoxy) is 2. The number of thioether (sulfide) groups is 1. The van der Waals surface area contributed by atoms with Gasteiger partial charge in [-0.3, -0.25) is 0 Å². The van der Waals surface area contributed by atoms with Crippen LogP contribution in [-0.2, 0) is 0 Å². The molecule has 0 unspecified atom stereocenters. The van der Waals surface area contributed by atoms with Crippen molar-refractivity contribution in [3.63, 3.8) is 0 Å². The summed E-state index contributed by atoms with van der Waals surface area (Å²) >= 11 is 3.97. The first kappa shape index (κ1) is 11.0. The van der Waals surface area contributed by atoms with Gasteiger partial charge in [-0.05, 0) is 41.0 Å². The summed E-state index contributed by atoms with van der Waals surface area (Å²) in [5, 5.41) is 0. The largest absolute Gasteiger partial charge is 0.493 e. The van der Waals surface area contributed by atoms with E-state index >= 15 is 0 Å². The van der Waals surface area contributed by atoms with Crippen LogP contribution in [0.3, 0.4) is 0 Å². The van der Waals surface area contributed by atoms with Gasteiger partial charge in [0, 0.05) is 4.90 Å². The van der Waals surface area contributed by atoms with Crippen LogP contribution in [0.5, 0.6) is 11.5 Å². The van der Waals surface area contributed by atoms with Crippen LogP contribution < -0.4 is 9.47 Å². The zero-order valence-electron chi connectivity index (χ0n) is 7.76. The molecule has 0 aliphatic carbocycles. The molecule has 0 spiro atoms. The van der Waals surface area contributed by atoms with Crippen LogP contribution in [0.25, 0.3) is 0 Å². The van der Waals surface area contributed by atoms with Crippen LogP contribution >= 0.6 is 34.4 Å². The fourth-order valence-electron chi connectivity index (χ4n) is 1.03. The third-order valence-corrected chi connectivity index (χ3v) is 3.89. The molecule has 0 saturated carbocycles. The predicted octanol–water partition coefficient (Wildman–Crippen LogP) is 3.03. The number of methoxy groups -OCH3 is 2. The molecule has 4 heteroatoms. The molecule has 0 heterocycles. The van der Waals surface area contributed by atoms with E-state index in [0.717, 1.165) is 15.1 Å². The normalized spacial score (nSPS) is 9.85. The second-order valence-electron chi connectivity index (χ2n) is 2.32. The van der Waals surface area contributed by atoms with E-state index in [9.17, 15) is 0 Å². The molecule has 0 amide bonds. The topological polar surface area (TPSA) is 18.5 Å². The number of hydrogen-bond acceptors (Lipinski definition) is 3. The monoisotopic (exact) mass is 310 g/mol. The number of halogens is 1. The summed E-state index contributed by atoms with van der Waals surface area (Å²) in [5.74, 6) is 1.60. The van der Waals surface area contributed by atoms with Gasteiger partial charge in [-0.1, -0.05) is 0 Å². The van der Waals surface area contributed by atoms with E-state index in [4.69, 9.17) is 9.47 Å². The average Bonchev–Trinajstić information content (AvgIpc) is 2.17. The zero-order chi connectivity index (χ0) is 9.84. The van der Waals surface area contributed by atoms with E-state index in [-0.39, 0.29) is 0 Å². The van der Waals surface area contributed by atoms with Gasteiger partial charge in [-0.2, -0.15) is 0 Å². The van der Waals surface area contributed by atoms with E-state index in [2.05, 4.69) is 22.6 Å². The Morgan fingerprint density at radius 3 is 2.38 bits per heavy atom. The minimum absolute atomic E-state index is 0.782. The Hall–Kier alpha value is -0.100. The second kappa shape index (κ2) is 4.95. The lowest BCUT2D eigenvalue weighted by Gasteiger charge is -2.11. The van der Waals surface area contributed by atoms with Crippen LogP contribution in [0.2, 0.25) is 0 Å². The summed E-state index contributed by atoms with van der Waals surface area (Å²) in [6.45, 7) is 0. The summed E-state index contributed by atoms with van der Waals surface area (Å²) in [5.41, 5.74) is 0. The number of rotatable bonds is 3. The zero-order valence-corrected chi connectivity index (χ0v) is 10.7. The van der Waals surface area contributed by atoms with Crippen molar-refractivity contribution < 1.29 is 9.47 Å². The first-order chi connectivity index (χ1) is 6.24. The van der Waals surface area contributed by atoms with Gasteiger partial charge in [0.15, 0.2) is 11.5 Å². The van der Waals surface area contributed by atoms with E-state index < -0.39 is 0 Å². The molecule has 1 rings (SSSR count). The first-order valence-corrected chi connectivity index (χ1v) is 5.99. The maximum Gasteiger partial charge on any atom is 0.175 e. The van der Waals surface area contributed by atoms with Crippen LogP contribution in [0.15, 0.2) is 17.0 Å². The van der Waals surface area contributed by atoms with Gasteiger partial charge in [-0.15, -0.1) is 11.8 Å². The van der Waals surface area contributed by atoms with Crippen molar-refractivity contribution in [1.29, 1.82) is 0 Å².